The Morgan fingerprint density at radius 2 is 1.43 bits per heavy atom. The smallest absolute Gasteiger partial charge is 0.202 e. The maximum Gasteiger partial charge on any atom is 0.202 e. The molecular formula is C18H22Cl3NO. The van der Waals surface area contributed by atoms with Gasteiger partial charge in [-0.15, -0.1) is 0 Å². The molecular weight excluding hydrogens is 353 g/mol. The Bertz CT molecular complexity index is 672. The lowest BCUT2D eigenvalue weighted by atomic mass is 9.85. The first kappa shape index (κ1) is 18.6. The quantitative estimate of drug-likeness (QED) is 0.589. The molecule has 0 bridgehead atoms. The predicted molar refractivity (Wildman–Crippen MR) is 99.6 cm³/mol. The van der Waals surface area contributed by atoms with Crippen molar-refractivity contribution in [3.8, 4) is 0 Å². The van der Waals surface area contributed by atoms with Crippen LogP contribution >= 0.6 is 34.8 Å². The van der Waals surface area contributed by atoms with E-state index in [9.17, 15) is 5.11 Å². The van der Waals surface area contributed by atoms with Crippen LogP contribution in [0.15, 0.2) is 28.5 Å². The van der Waals surface area contributed by atoms with E-state index in [0.29, 0.717) is 5.57 Å². The van der Waals surface area contributed by atoms with Crippen LogP contribution in [0.2, 0.25) is 0 Å². The molecule has 0 saturated heterocycles. The number of alkyl halides is 2. The number of aromatic nitrogens is 1. The number of halogens is 3. The molecule has 2 nitrogen and oxygen atoms in total. The summed E-state index contributed by atoms with van der Waals surface area (Å²) in [5.41, 5.74) is 3.21. The normalized spacial score (nSPS) is 20.0. The summed E-state index contributed by atoms with van der Waals surface area (Å²) in [5.74, 6) is -0.199. The third kappa shape index (κ3) is 3.55. The van der Waals surface area contributed by atoms with E-state index in [1.54, 1.807) is 0 Å². The molecule has 5 heteroatoms. The summed E-state index contributed by atoms with van der Waals surface area (Å²) < 4.78 is -1.44. The molecule has 1 heterocycles. The zero-order chi connectivity index (χ0) is 17.8. The van der Waals surface area contributed by atoms with Gasteiger partial charge < -0.3 is 5.11 Å². The van der Waals surface area contributed by atoms with Crippen LogP contribution in [-0.2, 0) is 10.8 Å². The standard InChI is InChI=1S/C18H22Cl3NO/c1-16(2,3)12-8-10(9-13(22-12)17(4,5)6)7-11-14(19)15(23)18(11,20)21/h7-9,23H,1-6H3/b11-7+. The molecule has 0 radical (unpaired) electrons. The van der Waals surface area contributed by atoms with Crippen LogP contribution < -0.4 is 0 Å². The number of pyridine rings is 1. The van der Waals surface area contributed by atoms with E-state index in [2.05, 4.69) is 41.5 Å². The molecule has 1 N–H and O–H groups in total. The first-order chi connectivity index (χ1) is 10.2. The summed E-state index contributed by atoms with van der Waals surface area (Å²) in [4.78, 5) is 4.81. The largest absolute Gasteiger partial charge is 0.507 e. The molecule has 0 unspecified atom stereocenters. The molecule has 2 rings (SSSR count). The summed E-state index contributed by atoms with van der Waals surface area (Å²) in [5, 5.41) is 9.90. The molecule has 0 saturated carbocycles. The predicted octanol–water partition coefficient (Wildman–Crippen LogP) is 6.26. The Hall–Kier alpha value is -0.700. The highest BCUT2D eigenvalue weighted by atomic mass is 35.5. The van der Waals surface area contributed by atoms with E-state index in [4.69, 9.17) is 39.8 Å². The summed E-state index contributed by atoms with van der Waals surface area (Å²) in [7, 11) is 0. The lowest BCUT2D eigenvalue weighted by Crippen LogP contribution is -2.30. The molecule has 1 aromatic heterocycles. The van der Waals surface area contributed by atoms with Crippen molar-refractivity contribution >= 4 is 40.9 Å². The lowest BCUT2D eigenvalue weighted by molar-refractivity contribution is 0.373. The number of hydrogen-bond acceptors (Lipinski definition) is 2. The first-order valence-electron chi connectivity index (χ1n) is 7.47. The van der Waals surface area contributed by atoms with Gasteiger partial charge in [0.2, 0.25) is 4.33 Å². The molecule has 0 spiro atoms. The fourth-order valence-corrected chi connectivity index (χ4v) is 3.21. The Morgan fingerprint density at radius 1 is 1.00 bits per heavy atom. The van der Waals surface area contributed by atoms with Gasteiger partial charge in [0, 0.05) is 27.8 Å². The van der Waals surface area contributed by atoms with Crippen molar-refractivity contribution in [1.29, 1.82) is 0 Å². The average Bonchev–Trinajstić information content (AvgIpc) is 2.41. The first-order valence-corrected chi connectivity index (χ1v) is 8.60. The average molecular weight is 375 g/mol. The van der Waals surface area contributed by atoms with Crippen LogP contribution in [0.3, 0.4) is 0 Å². The van der Waals surface area contributed by atoms with Crippen LogP contribution in [0.4, 0.5) is 0 Å². The Kier molecular flexibility index (Phi) is 4.60. The fourth-order valence-electron chi connectivity index (χ4n) is 2.19. The number of hydrogen-bond donors (Lipinski definition) is 1. The van der Waals surface area contributed by atoms with Gasteiger partial charge in [0.25, 0.3) is 0 Å². The number of nitrogens with zero attached hydrogens (tertiary/aromatic N) is 1. The van der Waals surface area contributed by atoms with Crippen molar-refractivity contribution < 1.29 is 5.11 Å². The van der Waals surface area contributed by atoms with E-state index in [0.717, 1.165) is 17.0 Å². The molecule has 1 aliphatic rings. The number of allylic oxidation sites excluding steroid dienone is 2. The van der Waals surface area contributed by atoms with Gasteiger partial charge in [-0.25, -0.2) is 0 Å². The molecule has 1 aliphatic carbocycles. The van der Waals surface area contributed by atoms with Gasteiger partial charge in [0.15, 0.2) is 5.76 Å². The van der Waals surface area contributed by atoms with Gasteiger partial charge in [0.1, 0.15) is 0 Å². The van der Waals surface area contributed by atoms with Gasteiger partial charge in [0.05, 0.1) is 5.03 Å². The second-order valence-corrected chi connectivity index (χ2v) is 9.67. The summed E-state index contributed by atoms with van der Waals surface area (Å²) in [6, 6.07) is 4.01. The number of aliphatic hydroxyl groups excluding tert-OH is 1. The molecule has 126 valence electrons. The SMILES string of the molecule is CC(C)(C)c1cc(/C=C2\C(Cl)=C(O)C2(Cl)Cl)cc(C(C)(C)C)n1. The maximum absolute atomic E-state index is 9.69. The van der Waals surface area contributed by atoms with Crippen molar-refractivity contribution in [2.45, 2.75) is 56.7 Å². The van der Waals surface area contributed by atoms with Crippen molar-refractivity contribution in [3.05, 3.63) is 45.4 Å². The van der Waals surface area contributed by atoms with E-state index in [-0.39, 0.29) is 21.6 Å². The van der Waals surface area contributed by atoms with Gasteiger partial charge in [-0.1, -0.05) is 76.3 Å². The van der Waals surface area contributed by atoms with Crippen molar-refractivity contribution in [3.63, 3.8) is 0 Å². The van der Waals surface area contributed by atoms with Crippen LogP contribution in [-0.4, -0.2) is 14.4 Å². The highest BCUT2D eigenvalue weighted by Gasteiger charge is 2.47. The van der Waals surface area contributed by atoms with E-state index in [1.807, 2.05) is 18.2 Å². The topological polar surface area (TPSA) is 33.1 Å². The van der Waals surface area contributed by atoms with Gasteiger partial charge in [-0.2, -0.15) is 0 Å². The molecule has 0 aliphatic heterocycles. The minimum absolute atomic E-state index is 0.0884. The number of rotatable bonds is 1. The van der Waals surface area contributed by atoms with E-state index < -0.39 is 4.33 Å². The number of aliphatic hydroxyl groups is 1. The highest BCUT2D eigenvalue weighted by Crippen LogP contribution is 2.53. The Morgan fingerprint density at radius 3 is 1.78 bits per heavy atom. The lowest BCUT2D eigenvalue weighted by Gasteiger charge is -2.32. The third-order valence-corrected chi connectivity index (χ3v) is 4.92. The Labute approximate surface area is 153 Å². The summed E-state index contributed by atoms with van der Waals surface area (Å²) in [6.07, 6.45) is 1.81. The molecule has 1 aromatic rings. The molecule has 23 heavy (non-hydrogen) atoms. The third-order valence-electron chi connectivity index (χ3n) is 3.78. The maximum atomic E-state index is 9.69. The molecule has 0 atom stereocenters. The van der Waals surface area contributed by atoms with Crippen LogP contribution in [0, 0.1) is 0 Å². The van der Waals surface area contributed by atoms with Crippen LogP contribution in [0.25, 0.3) is 6.08 Å². The van der Waals surface area contributed by atoms with Crippen molar-refractivity contribution in [2.75, 3.05) is 0 Å². The van der Waals surface area contributed by atoms with Gasteiger partial charge >= 0.3 is 0 Å². The zero-order valence-electron chi connectivity index (χ0n) is 14.3. The molecule has 0 aromatic carbocycles. The Balaban J connectivity index is 2.61. The van der Waals surface area contributed by atoms with E-state index >= 15 is 0 Å². The van der Waals surface area contributed by atoms with E-state index in [1.165, 1.54) is 0 Å². The van der Waals surface area contributed by atoms with Crippen molar-refractivity contribution in [2.24, 2.45) is 0 Å². The van der Waals surface area contributed by atoms with Gasteiger partial charge in [-0.05, 0) is 23.8 Å². The second kappa shape index (κ2) is 5.68. The molecule has 0 fully saturated rings. The van der Waals surface area contributed by atoms with Gasteiger partial charge in [-0.3, -0.25) is 4.98 Å². The summed E-state index contributed by atoms with van der Waals surface area (Å²) >= 11 is 18.3. The second-order valence-electron chi connectivity index (χ2n) is 7.97. The highest BCUT2D eigenvalue weighted by molar-refractivity contribution is 6.57. The van der Waals surface area contributed by atoms with Crippen LogP contribution in [0.1, 0.15) is 58.5 Å². The summed E-state index contributed by atoms with van der Waals surface area (Å²) in [6.45, 7) is 12.7. The fraction of sp³-hybridized carbons (Fsp3) is 0.500. The molecule has 0 amide bonds. The minimum Gasteiger partial charge on any atom is -0.507 e. The minimum atomic E-state index is -1.44. The van der Waals surface area contributed by atoms with Crippen LogP contribution in [0.5, 0.6) is 0 Å². The monoisotopic (exact) mass is 373 g/mol. The zero-order valence-corrected chi connectivity index (χ0v) is 16.5. The van der Waals surface area contributed by atoms with Crippen molar-refractivity contribution in [1.82, 2.24) is 4.98 Å².